The molecule has 0 aliphatic carbocycles. The smallest absolute Gasteiger partial charge is 0.0642 e. The molecule has 0 amide bonds. The van der Waals surface area contributed by atoms with Crippen LogP contribution in [0.5, 0.6) is 0 Å². The van der Waals surface area contributed by atoms with E-state index >= 15 is 0 Å². The topological polar surface area (TPSA) is 24.5 Å². The molecule has 19 heavy (non-hydrogen) atoms. The molecule has 1 aliphatic rings. The van der Waals surface area contributed by atoms with Crippen LogP contribution in [0.1, 0.15) is 25.3 Å². The van der Waals surface area contributed by atoms with Gasteiger partial charge >= 0.3 is 0 Å². The van der Waals surface area contributed by atoms with Gasteiger partial charge in [-0.15, -0.1) is 0 Å². The van der Waals surface area contributed by atoms with Crippen LogP contribution >= 0.6 is 11.6 Å². The first-order chi connectivity index (χ1) is 9.22. The molecule has 0 saturated carbocycles. The highest BCUT2D eigenvalue weighted by atomic mass is 35.5. The first kappa shape index (κ1) is 14.6. The Bertz CT molecular complexity index is 405. The van der Waals surface area contributed by atoms with Gasteiger partial charge in [-0.25, -0.2) is 0 Å². The fourth-order valence-corrected chi connectivity index (χ4v) is 2.82. The van der Waals surface area contributed by atoms with Crippen LogP contribution in [0.25, 0.3) is 0 Å². The molecule has 2 rings (SSSR count). The van der Waals surface area contributed by atoms with E-state index in [1.807, 2.05) is 0 Å². The van der Waals surface area contributed by atoms with Crippen molar-refractivity contribution in [2.24, 2.45) is 0 Å². The van der Waals surface area contributed by atoms with Crippen molar-refractivity contribution in [1.82, 2.24) is 5.32 Å². The highest BCUT2D eigenvalue weighted by Crippen LogP contribution is 2.29. The van der Waals surface area contributed by atoms with Gasteiger partial charge in [-0.3, -0.25) is 0 Å². The van der Waals surface area contributed by atoms with Crippen molar-refractivity contribution in [3.8, 4) is 0 Å². The van der Waals surface area contributed by atoms with E-state index in [1.165, 1.54) is 5.56 Å². The van der Waals surface area contributed by atoms with Gasteiger partial charge in [0, 0.05) is 32.8 Å². The van der Waals surface area contributed by atoms with Crippen LogP contribution in [0, 0.1) is 0 Å². The van der Waals surface area contributed by atoms with Gasteiger partial charge in [0.15, 0.2) is 0 Å². The average Bonchev–Trinajstić information content (AvgIpc) is 2.45. The zero-order valence-corrected chi connectivity index (χ0v) is 12.5. The van der Waals surface area contributed by atoms with Gasteiger partial charge in [-0.1, -0.05) is 24.6 Å². The largest absolute Gasteiger partial charge is 0.381 e. The summed E-state index contributed by atoms with van der Waals surface area (Å²) in [7, 11) is 2.13. The molecule has 1 aromatic carbocycles. The molecule has 1 saturated heterocycles. The van der Waals surface area contributed by atoms with Crippen LogP contribution in [0.3, 0.4) is 0 Å². The molecule has 0 bridgehead atoms. The summed E-state index contributed by atoms with van der Waals surface area (Å²) in [6, 6.07) is 6.88. The number of hydrogen-bond acceptors (Lipinski definition) is 3. The SMILES string of the molecule is CCNCc1ccc(N(C)C2CCOCC2)c(Cl)c1. The predicted octanol–water partition coefficient (Wildman–Crippen LogP) is 3.06. The Morgan fingerprint density at radius 2 is 2.11 bits per heavy atom. The maximum Gasteiger partial charge on any atom is 0.0642 e. The molecule has 1 aromatic rings. The maximum atomic E-state index is 6.42. The number of benzene rings is 1. The first-order valence-electron chi connectivity index (χ1n) is 7.02. The Labute approximate surface area is 120 Å². The minimum Gasteiger partial charge on any atom is -0.381 e. The lowest BCUT2D eigenvalue weighted by atomic mass is 10.1. The standard InChI is InChI=1S/C15H23ClN2O/c1-3-17-11-12-4-5-15(14(16)10-12)18(2)13-6-8-19-9-7-13/h4-5,10,13,17H,3,6-9,11H2,1-2H3. The molecule has 0 atom stereocenters. The summed E-state index contributed by atoms with van der Waals surface area (Å²) in [6.07, 6.45) is 2.15. The van der Waals surface area contributed by atoms with E-state index in [1.54, 1.807) is 0 Å². The normalized spacial score (nSPS) is 16.6. The number of anilines is 1. The van der Waals surface area contributed by atoms with Crippen LogP contribution in [0.2, 0.25) is 5.02 Å². The molecule has 3 nitrogen and oxygen atoms in total. The molecule has 1 N–H and O–H groups in total. The number of hydrogen-bond donors (Lipinski definition) is 1. The molecule has 1 fully saturated rings. The average molecular weight is 283 g/mol. The summed E-state index contributed by atoms with van der Waals surface area (Å²) < 4.78 is 5.41. The molecular formula is C15H23ClN2O. The maximum absolute atomic E-state index is 6.42. The third kappa shape index (κ3) is 3.85. The molecule has 0 aromatic heterocycles. The summed E-state index contributed by atoms with van der Waals surface area (Å²) in [5.41, 5.74) is 2.35. The van der Waals surface area contributed by atoms with Crippen molar-refractivity contribution in [2.45, 2.75) is 32.4 Å². The van der Waals surface area contributed by atoms with E-state index in [0.717, 1.165) is 49.9 Å². The van der Waals surface area contributed by atoms with Gasteiger partial charge in [0.2, 0.25) is 0 Å². The molecule has 0 unspecified atom stereocenters. The number of ether oxygens (including phenoxy) is 1. The number of rotatable bonds is 5. The van der Waals surface area contributed by atoms with Crippen LogP contribution in [0.4, 0.5) is 5.69 Å². The van der Waals surface area contributed by atoms with Crippen LogP contribution in [0.15, 0.2) is 18.2 Å². The second kappa shape index (κ2) is 7.13. The summed E-state index contributed by atoms with van der Waals surface area (Å²) in [5, 5.41) is 4.15. The summed E-state index contributed by atoms with van der Waals surface area (Å²) in [5.74, 6) is 0. The van der Waals surface area contributed by atoms with Crippen LogP contribution in [-0.4, -0.2) is 32.8 Å². The third-order valence-corrected chi connectivity index (χ3v) is 4.01. The molecule has 4 heteroatoms. The minimum absolute atomic E-state index is 0.533. The molecule has 1 aliphatic heterocycles. The Morgan fingerprint density at radius 1 is 1.37 bits per heavy atom. The van der Waals surface area contributed by atoms with Gasteiger partial charge in [-0.2, -0.15) is 0 Å². The van der Waals surface area contributed by atoms with Crippen molar-refractivity contribution >= 4 is 17.3 Å². The van der Waals surface area contributed by atoms with Crippen molar-refractivity contribution < 1.29 is 4.74 Å². The zero-order valence-electron chi connectivity index (χ0n) is 11.8. The Morgan fingerprint density at radius 3 is 2.74 bits per heavy atom. The molecular weight excluding hydrogens is 260 g/mol. The lowest BCUT2D eigenvalue weighted by Gasteiger charge is -2.33. The van der Waals surface area contributed by atoms with E-state index in [-0.39, 0.29) is 0 Å². The fourth-order valence-electron chi connectivity index (χ4n) is 2.48. The number of halogens is 1. The van der Waals surface area contributed by atoms with Crippen molar-refractivity contribution in [1.29, 1.82) is 0 Å². The van der Waals surface area contributed by atoms with Gasteiger partial charge in [0.25, 0.3) is 0 Å². The van der Waals surface area contributed by atoms with Crippen LogP contribution < -0.4 is 10.2 Å². The summed E-state index contributed by atoms with van der Waals surface area (Å²) in [6.45, 7) is 5.66. The minimum atomic E-state index is 0.533. The van der Waals surface area contributed by atoms with E-state index in [4.69, 9.17) is 16.3 Å². The van der Waals surface area contributed by atoms with Crippen molar-refractivity contribution in [3.05, 3.63) is 28.8 Å². The Kier molecular flexibility index (Phi) is 5.49. The monoisotopic (exact) mass is 282 g/mol. The van der Waals surface area contributed by atoms with Gasteiger partial charge in [0.05, 0.1) is 10.7 Å². The van der Waals surface area contributed by atoms with Gasteiger partial charge in [-0.05, 0) is 37.1 Å². The third-order valence-electron chi connectivity index (χ3n) is 3.71. The molecule has 0 spiro atoms. The van der Waals surface area contributed by atoms with E-state index in [2.05, 4.69) is 42.4 Å². The Hall–Kier alpha value is -0.770. The van der Waals surface area contributed by atoms with Gasteiger partial charge in [0.1, 0.15) is 0 Å². The fraction of sp³-hybridized carbons (Fsp3) is 0.600. The van der Waals surface area contributed by atoms with Crippen LogP contribution in [-0.2, 0) is 11.3 Å². The lowest BCUT2D eigenvalue weighted by molar-refractivity contribution is 0.0855. The second-order valence-corrected chi connectivity index (χ2v) is 5.43. The highest BCUT2D eigenvalue weighted by Gasteiger charge is 2.20. The molecule has 1 heterocycles. The van der Waals surface area contributed by atoms with Crippen molar-refractivity contribution in [3.63, 3.8) is 0 Å². The predicted molar refractivity (Wildman–Crippen MR) is 81.1 cm³/mol. The molecule has 0 radical (unpaired) electrons. The van der Waals surface area contributed by atoms with Gasteiger partial charge < -0.3 is 15.0 Å². The molecule has 106 valence electrons. The quantitative estimate of drug-likeness (QED) is 0.898. The number of nitrogens with zero attached hydrogens (tertiary/aromatic N) is 1. The van der Waals surface area contributed by atoms with E-state index in [0.29, 0.717) is 6.04 Å². The first-order valence-corrected chi connectivity index (χ1v) is 7.40. The lowest BCUT2D eigenvalue weighted by Crippen LogP contribution is -2.36. The number of nitrogens with one attached hydrogen (secondary N) is 1. The zero-order chi connectivity index (χ0) is 13.7. The van der Waals surface area contributed by atoms with E-state index in [9.17, 15) is 0 Å². The summed E-state index contributed by atoms with van der Waals surface area (Å²) >= 11 is 6.42. The highest BCUT2D eigenvalue weighted by molar-refractivity contribution is 6.33. The van der Waals surface area contributed by atoms with E-state index < -0.39 is 0 Å². The van der Waals surface area contributed by atoms with Crippen molar-refractivity contribution in [2.75, 3.05) is 31.7 Å². The second-order valence-electron chi connectivity index (χ2n) is 5.02. The Balaban J connectivity index is 2.06. The summed E-state index contributed by atoms with van der Waals surface area (Å²) in [4.78, 5) is 2.29.